The fraction of sp³-hybridized carbons (Fsp3) is 0.357. The Labute approximate surface area is 107 Å². The topological polar surface area (TPSA) is 50.4 Å². The van der Waals surface area contributed by atoms with E-state index in [2.05, 4.69) is 10.6 Å². The summed E-state index contributed by atoms with van der Waals surface area (Å²) < 4.78 is 5.07. The van der Waals surface area contributed by atoms with Crippen molar-refractivity contribution in [1.82, 2.24) is 10.6 Å². The van der Waals surface area contributed by atoms with Crippen LogP contribution in [0.5, 0.6) is 5.75 Å². The number of benzene rings is 1. The van der Waals surface area contributed by atoms with Gasteiger partial charge in [-0.3, -0.25) is 4.79 Å². The van der Waals surface area contributed by atoms with E-state index in [9.17, 15) is 4.79 Å². The molecular weight excluding hydrogens is 228 g/mol. The molecule has 1 aliphatic heterocycles. The van der Waals surface area contributed by atoms with Gasteiger partial charge >= 0.3 is 0 Å². The van der Waals surface area contributed by atoms with E-state index in [0.717, 1.165) is 30.8 Å². The van der Waals surface area contributed by atoms with Gasteiger partial charge in [-0.1, -0.05) is 12.1 Å². The molecular formula is C14H18N2O2. The van der Waals surface area contributed by atoms with Gasteiger partial charge in [0, 0.05) is 18.7 Å². The highest BCUT2D eigenvalue weighted by molar-refractivity contribution is 5.91. The van der Waals surface area contributed by atoms with Crippen molar-refractivity contribution in [3.05, 3.63) is 35.9 Å². The van der Waals surface area contributed by atoms with Crippen LogP contribution in [0.1, 0.15) is 12.0 Å². The zero-order chi connectivity index (χ0) is 12.8. The molecule has 1 heterocycles. The van der Waals surface area contributed by atoms with Crippen molar-refractivity contribution < 1.29 is 9.53 Å². The Bertz CT molecular complexity index is 420. The van der Waals surface area contributed by atoms with E-state index < -0.39 is 0 Å². The quantitative estimate of drug-likeness (QED) is 0.785. The normalized spacial score (nSPS) is 19.1. The maximum absolute atomic E-state index is 11.6. The van der Waals surface area contributed by atoms with E-state index in [4.69, 9.17) is 4.74 Å². The molecule has 1 aromatic carbocycles. The Morgan fingerprint density at radius 1 is 1.44 bits per heavy atom. The second-order valence-electron chi connectivity index (χ2n) is 4.30. The molecule has 4 heteroatoms. The summed E-state index contributed by atoms with van der Waals surface area (Å²) in [6.07, 6.45) is 4.37. The Morgan fingerprint density at radius 2 is 2.22 bits per heavy atom. The molecule has 0 aliphatic carbocycles. The van der Waals surface area contributed by atoms with E-state index in [1.54, 1.807) is 19.3 Å². The van der Waals surface area contributed by atoms with Crippen molar-refractivity contribution in [3.8, 4) is 5.75 Å². The van der Waals surface area contributed by atoms with Gasteiger partial charge in [0.25, 0.3) is 0 Å². The number of hydrogen-bond acceptors (Lipinski definition) is 3. The molecule has 4 nitrogen and oxygen atoms in total. The summed E-state index contributed by atoms with van der Waals surface area (Å²) in [4.78, 5) is 11.6. The molecule has 0 unspecified atom stereocenters. The Balaban J connectivity index is 1.86. The second kappa shape index (κ2) is 6.21. The molecule has 1 fully saturated rings. The molecule has 0 bridgehead atoms. The summed E-state index contributed by atoms with van der Waals surface area (Å²) in [6.45, 7) is 1.84. The minimum Gasteiger partial charge on any atom is -0.497 e. The third kappa shape index (κ3) is 3.60. The fourth-order valence-corrected chi connectivity index (χ4v) is 1.91. The van der Waals surface area contributed by atoms with Crippen molar-refractivity contribution in [1.29, 1.82) is 0 Å². The van der Waals surface area contributed by atoms with E-state index in [0.29, 0.717) is 0 Å². The van der Waals surface area contributed by atoms with E-state index in [1.807, 2.05) is 24.3 Å². The van der Waals surface area contributed by atoms with Gasteiger partial charge in [0.05, 0.1) is 7.11 Å². The molecule has 1 aliphatic rings. The van der Waals surface area contributed by atoms with Crippen molar-refractivity contribution >= 4 is 12.0 Å². The fourth-order valence-electron chi connectivity index (χ4n) is 1.91. The molecule has 1 aromatic rings. The van der Waals surface area contributed by atoms with Gasteiger partial charge in [0.1, 0.15) is 5.75 Å². The lowest BCUT2D eigenvalue weighted by molar-refractivity contribution is -0.117. The summed E-state index contributed by atoms with van der Waals surface area (Å²) in [5.74, 6) is 0.771. The maximum Gasteiger partial charge on any atom is 0.244 e. The highest BCUT2D eigenvalue weighted by Crippen LogP contribution is 2.12. The van der Waals surface area contributed by atoms with Crippen LogP contribution in [0.2, 0.25) is 0 Å². The first-order valence-corrected chi connectivity index (χ1v) is 6.11. The van der Waals surface area contributed by atoms with E-state index in [1.165, 1.54) is 0 Å². The highest BCUT2D eigenvalue weighted by Gasteiger charge is 2.14. The Morgan fingerprint density at radius 3 is 2.83 bits per heavy atom. The van der Waals surface area contributed by atoms with Crippen LogP contribution in [0.4, 0.5) is 0 Å². The number of hydrogen-bond donors (Lipinski definition) is 2. The number of methoxy groups -OCH3 is 1. The summed E-state index contributed by atoms with van der Waals surface area (Å²) in [5, 5.41) is 6.17. The number of carbonyl (C=O) groups is 1. The standard InChI is InChI=1S/C14H18N2O2/c1-18-13-5-2-11(3-6-13)4-7-14(17)16-12-8-9-15-10-12/h2-7,12,15H,8-10H2,1H3,(H,16,17)/b7-4+/t12-/m0/s1. The molecule has 0 spiro atoms. The molecule has 0 aromatic heterocycles. The zero-order valence-corrected chi connectivity index (χ0v) is 10.5. The second-order valence-corrected chi connectivity index (χ2v) is 4.30. The van der Waals surface area contributed by atoms with Crippen LogP contribution < -0.4 is 15.4 Å². The van der Waals surface area contributed by atoms with E-state index in [-0.39, 0.29) is 11.9 Å². The smallest absolute Gasteiger partial charge is 0.244 e. The maximum atomic E-state index is 11.6. The first-order valence-electron chi connectivity index (χ1n) is 6.11. The zero-order valence-electron chi connectivity index (χ0n) is 10.5. The van der Waals surface area contributed by atoms with Crippen molar-refractivity contribution in [2.24, 2.45) is 0 Å². The molecule has 1 atom stereocenters. The molecule has 1 saturated heterocycles. The van der Waals surface area contributed by atoms with Gasteiger partial charge in [0.15, 0.2) is 0 Å². The predicted molar refractivity (Wildman–Crippen MR) is 71.4 cm³/mol. The molecule has 2 N–H and O–H groups in total. The lowest BCUT2D eigenvalue weighted by Gasteiger charge is -2.08. The number of ether oxygens (including phenoxy) is 1. The summed E-state index contributed by atoms with van der Waals surface area (Å²) in [5.41, 5.74) is 0.982. The lowest BCUT2D eigenvalue weighted by atomic mass is 10.2. The van der Waals surface area contributed by atoms with Gasteiger partial charge in [0.2, 0.25) is 5.91 Å². The monoisotopic (exact) mass is 246 g/mol. The molecule has 1 amide bonds. The van der Waals surface area contributed by atoms with E-state index >= 15 is 0 Å². The average molecular weight is 246 g/mol. The van der Waals surface area contributed by atoms with Gasteiger partial charge < -0.3 is 15.4 Å². The van der Waals surface area contributed by atoms with Gasteiger partial charge in [-0.2, -0.15) is 0 Å². The summed E-state index contributed by atoms with van der Waals surface area (Å²) in [6, 6.07) is 7.84. The largest absolute Gasteiger partial charge is 0.497 e. The van der Waals surface area contributed by atoms with Crippen LogP contribution >= 0.6 is 0 Å². The van der Waals surface area contributed by atoms with Crippen molar-refractivity contribution in [2.75, 3.05) is 20.2 Å². The van der Waals surface area contributed by atoms with Gasteiger partial charge in [-0.15, -0.1) is 0 Å². The van der Waals surface area contributed by atoms with Crippen molar-refractivity contribution in [3.63, 3.8) is 0 Å². The average Bonchev–Trinajstić information content (AvgIpc) is 2.90. The third-order valence-electron chi connectivity index (χ3n) is 2.95. The lowest BCUT2D eigenvalue weighted by Crippen LogP contribution is -2.34. The highest BCUT2D eigenvalue weighted by atomic mass is 16.5. The minimum absolute atomic E-state index is 0.0421. The van der Waals surface area contributed by atoms with Crippen LogP contribution in [-0.2, 0) is 4.79 Å². The molecule has 0 radical (unpaired) electrons. The van der Waals surface area contributed by atoms with Gasteiger partial charge in [-0.05, 0) is 36.7 Å². The summed E-state index contributed by atoms with van der Waals surface area (Å²) in [7, 11) is 1.63. The summed E-state index contributed by atoms with van der Waals surface area (Å²) >= 11 is 0. The van der Waals surface area contributed by atoms with Crippen LogP contribution in [-0.4, -0.2) is 32.1 Å². The third-order valence-corrected chi connectivity index (χ3v) is 2.95. The Kier molecular flexibility index (Phi) is 4.36. The van der Waals surface area contributed by atoms with Gasteiger partial charge in [-0.25, -0.2) is 0 Å². The van der Waals surface area contributed by atoms with Crippen LogP contribution in [0.25, 0.3) is 6.08 Å². The molecule has 96 valence electrons. The molecule has 18 heavy (non-hydrogen) atoms. The molecule has 0 saturated carbocycles. The first kappa shape index (κ1) is 12.6. The van der Waals surface area contributed by atoms with Crippen LogP contribution in [0.3, 0.4) is 0 Å². The Hall–Kier alpha value is -1.81. The van der Waals surface area contributed by atoms with Crippen LogP contribution in [0.15, 0.2) is 30.3 Å². The molecule has 2 rings (SSSR count). The number of nitrogens with one attached hydrogen (secondary N) is 2. The van der Waals surface area contributed by atoms with Crippen molar-refractivity contribution in [2.45, 2.75) is 12.5 Å². The first-order chi connectivity index (χ1) is 8.78. The number of carbonyl (C=O) groups excluding carboxylic acids is 1. The predicted octanol–water partition coefficient (Wildman–Crippen LogP) is 1.19. The number of amides is 1. The minimum atomic E-state index is -0.0421. The van der Waals surface area contributed by atoms with Crippen LogP contribution in [0, 0.1) is 0 Å². The SMILES string of the molecule is COc1ccc(/C=C/C(=O)N[C@H]2CCNC2)cc1. The number of rotatable bonds is 4.